The first-order valence-electron chi connectivity index (χ1n) is 3.97. The third kappa shape index (κ3) is 2.15. The quantitative estimate of drug-likeness (QED) is 0.313. The van der Waals surface area contributed by atoms with E-state index >= 15 is 0 Å². The zero-order valence-electron chi connectivity index (χ0n) is 7.35. The Hall–Kier alpha value is -0.410. The minimum Gasteiger partial charge on any atom is -0.630 e. The van der Waals surface area contributed by atoms with Crippen molar-refractivity contribution in [2.45, 2.75) is 11.8 Å². The highest BCUT2D eigenvalue weighted by Gasteiger charge is 2.45. The Morgan fingerprint density at radius 1 is 1.86 bits per heavy atom. The highest BCUT2D eigenvalue weighted by Crippen LogP contribution is 2.38. The second-order valence-corrected chi connectivity index (χ2v) is 4.99. The summed E-state index contributed by atoms with van der Waals surface area (Å²) in [5.74, 6) is -0.447. The molecule has 0 bridgehead atoms. The largest absolute Gasteiger partial charge is 0.630 e. The molecule has 3 unspecified atom stereocenters. The average molecular weight is 237 g/mol. The number of halogens is 1. The van der Waals surface area contributed by atoms with Crippen LogP contribution in [0.15, 0.2) is 12.7 Å². The SMILES string of the molecule is C=CC(=O)OCC1=[P+]([O-])C(CCl)C1O. The van der Waals surface area contributed by atoms with Crippen LogP contribution in [0.1, 0.15) is 0 Å². The van der Waals surface area contributed by atoms with Crippen molar-refractivity contribution in [3.8, 4) is 0 Å². The number of aliphatic hydroxyl groups is 1. The van der Waals surface area contributed by atoms with Crippen LogP contribution in [0.2, 0.25) is 0 Å². The molecular formula is C8H10ClO4P. The molecular weight excluding hydrogens is 227 g/mol. The molecule has 78 valence electrons. The number of ether oxygens (including phenoxy) is 1. The molecule has 6 heteroatoms. The number of hydrogen-bond donors (Lipinski definition) is 1. The lowest BCUT2D eigenvalue weighted by Gasteiger charge is -2.28. The Bertz CT molecular complexity index is 289. The van der Waals surface area contributed by atoms with Crippen LogP contribution in [0, 0.1) is 0 Å². The van der Waals surface area contributed by atoms with E-state index in [1.54, 1.807) is 0 Å². The van der Waals surface area contributed by atoms with Gasteiger partial charge in [-0.1, -0.05) is 6.58 Å². The van der Waals surface area contributed by atoms with Crippen molar-refractivity contribution in [2.24, 2.45) is 0 Å². The van der Waals surface area contributed by atoms with Crippen molar-refractivity contribution >= 4 is 30.6 Å². The minimum atomic E-state index is -1.65. The van der Waals surface area contributed by atoms with Crippen LogP contribution in [0.4, 0.5) is 0 Å². The summed E-state index contributed by atoms with van der Waals surface area (Å²) >= 11 is 5.47. The molecule has 0 saturated heterocycles. The fraction of sp³-hybridized carbons (Fsp3) is 0.500. The molecule has 0 aromatic rings. The zero-order valence-corrected chi connectivity index (χ0v) is 9.00. The number of esters is 1. The van der Waals surface area contributed by atoms with Gasteiger partial charge in [0, 0.05) is 6.08 Å². The van der Waals surface area contributed by atoms with Gasteiger partial charge in [-0.05, 0) is 0 Å². The van der Waals surface area contributed by atoms with E-state index in [0.29, 0.717) is 5.29 Å². The van der Waals surface area contributed by atoms with E-state index < -0.39 is 25.5 Å². The van der Waals surface area contributed by atoms with E-state index in [4.69, 9.17) is 11.6 Å². The second kappa shape index (κ2) is 4.89. The lowest BCUT2D eigenvalue weighted by molar-refractivity contribution is -0.158. The number of carbonyl (C=O) groups excluding carboxylic acids is 1. The molecule has 3 atom stereocenters. The lowest BCUT2D eigenvalue weighted by atomic mass is 10.2. The molecule has 1 aliphatic heterocycles. The van der Waals surface area contributed by atoms with Crippen molar-refractivity contribution in [1.82, 2.24) is 0 Å². The van der Waals surface area contributed by atoms with Gasteiger partial charge in [0.2, 0.25) is 0 Å². The lowest BCUT2D eigenvalue weighted by Crippen LogP contribution is -2.47. The van der Waals surface area contributed by atoms with Gasteiger partial charge in [0.15, 0.2) is 23.7 Å². The maximum atomic E-state index is 11.4. The van der Waals surface area contributed by atoms with Crippen LogP contribution in [0.3, 0.4) is 0 Å². The standard InChI is InChI=1S/C8H10ClO4P/c1-2-7(10)13-4-6-8(11)5(3-9)14(6)12/h2,5,8,11H,1,3-4H2. The van der Waals surface area contributed by atoms with Crippen LogP contribution >= 0.6 is 19.4 Å². The van der Waals surface area contributed by atoms with Crippen LogP contribution in [-0.4, -0.2) is 40.6 Å². The molecule has 0 saturated carbocycles. The molecule has 0 spiro atoms. The molecule has 0 aliphatic carbocycles. The van der Waals surface area contributed by atoms with Gasteiger partial charge in [-0.2, -0.15) is 0 Å². The smallest absolute Gasteiger partial charge is 0.330 e. The van der Waals surface area contributed by atoms with Crippen molar-refractivity contribution in [1.29, 1.82) is 0 Å². The third-order valence-electron chi connectivity index (χ3n) is 1.98. The maximum absolute atomic E-state index is 11.4. The molecule has 1 N–H and O–H groups in total. The molecule has 0 amide bonds. The highest BCUT2D eigenvalue weighted by molar-refractivity contribution is 7.55. The molecule has 4 nitrogen and oxygen atoms in total. The van der Waals surface area contributed by atoms with E-state index in [1.165, 1.54) is 0 Å². The van der Waals surface area contributed by atoms with E-state index in [1.807, 2.05) is 0 Å². The summed E-state index contributed by atoms with van der Waals surface area (Å²) in [4.78, 5) is 22.0. The number of aliphatic hydroxyl groups excluding tert-OH is 1. The molecule has 1 aliphatic rings. The van der Waals surface area contributed by atoms with Gasteiger partial charge in [0.1, 0.15) is 0 Å². The van der Waals surface area contributed by atoms with Crippen LogP contribution in [-0.2, 0) is 9.53 Å². The highest BCUT2D eigenvalue weighted by atomic mass is 35.5. The van der Waals surface area contributed by atoms with E-state index in [0.717, 1.165) is 6.08 Å². The molecule has 0 radical (unpaired) electrons. The third-order valence-corrected chi connectivity index (χ3v) is 4.55. The van der Waals surface area contributed by atoms with Crippen molar-refractivity contribution < 1.29 is 19.5 Å². The Balaban J connectivity index is 2.51. The van der Waals surface area contributed by atoms with Crippen molar-refractivity contribution in [3.05, 3.63) is 12.7 Å². The Morgan fingerprint density at radius 3 is 2.93 bits per heavy atom. The van der Waals surface area contributed by atoms with Crippen LogP contribution in [0.25, 0.3) is 0 Å². The van der Waals surface area contributed by atoms with Gasteiger partial charge in [0.25, 0.3) is 0 Å². The molecule has 0 aromatic carbocycles. The molecule has 1 rings (SSSR count). The first kappa shape index (κ1) is 11.7. The number of carbonyl (C=O) groups is 1. The molecule has 1 heterocycles. The maximum Gasteiger partial charge on any atom is 0.330 e. The summed E-state index contributed by atoms with van der Waals surface area (Å²) in [6.45, 7) is 3.09. The van der Waals surface area contributed by atoms with Gasteiger partial charge in [-0.25, -0.2) is 4.79 Å². The Labute approximate surface area is 87.6 Å². The fourth-order valence-electron chi connectivity index (χ4n) is 1.11. The number of hydrogen-bond acceptors (Lipinski definition) is 4. The van der Waals surface area contributed by atoms with E-state index in [2.05, 4.69) is 11.3 Å². The van der Waals surface area contributed by atoms with Gasteiger partial charge in [-0.3, -0.25) is 0 Å². The van der Waals surface area contributed by atoms with Crippen LogP contribution in [0.5, 0.6) is 0 Å². The van der Waals surface area contributed by atoms with Gasteiger partial charge in [0.05, 0.1) is 13.7 Å². The zero-order chi connectivity index (χ0) is 10.7. The predicted molar refractivity (Wildman–Crippen MR) is 53.6 cm³/mol. The summed E-state index contributed by atoms with van der Waals surface area (Å²) in [5.41, 5.74) is -0.399. The topological polar surface area (TPSA) is 69.6 Å². The average Bonchev–Trinajstić information content (AvgIpc) is 2.18. The van der Waals surface area contributed by atoms with Crippen molar-refractivity contribution in [2.75, 3.05) is 12.5 Å². The monoisotopic (exact) mass is 236 g/mol. The van der Waals surface area contributed by atoms with Crippen LogP contribution < -0.4 is 4.89 Å². The molecule has 0 aromatic heterocycles. The minimum absolute atomic E-state index is 0.116. The van der Waals surface area contributed by atoms with Gasteiger partial charge < -0.3 is 14.7 Å². The first-order valence-corrected chi connectivity index (χ1v) is 5.83. The summed E-state index contributed by atoms with van der Waals surface area (Å²) in [6.07, 6.45) is 0.200. The molecule has 0 fully saturated rings. The summed E-state index contributed by atoms with van der Waals surface area (Å²) in [7, 11) is -1.65. The number of rotatable bonds is 4. The molecule has 14 heavy (non-hydrogen) atoms. The summed E-state index contributed by atoms with van der Waals surface area (Å²) in [5, 5.41) is 9.75. The fourth-order valence-corrected chi connectivity index (χ4v) is 3.03. The number of alkyl halides is 1. The Morgan fingerprint density at radius 2 is 2.50 bits per heavy atom. The van der Waals surface area contributed by atoms with Gasteiger partial charge in [-0.15, -0.1) is 11.6 Å². The normalized spacial score (nSPS) is 28.2. The second-order valence-electron chi connectivity index (χ2n) is 2.80. The van der Waals surface area contributed by atoms with Crippen molar-refractivity contribution in [3.63, 3.8) is 0 Å². The summed E-state index contributed by atoms with van der Waals surface area (Å²) in [6, 6.07) is 0. The van der Waals surface area contributed by atoms with E-state index in [-0.39, 0.29) is 12.5 Å². The van der Waals surface area contributed by atoms with E-state index in [9.17, 15) is 14.8 Å². The Kier molecular flexibility index (Phi) is 4.08. The first-order chi connectivity index (χ1) is 6.61. The summed E-state index contributed by atoms with van der Waals surface area (Å²) < 4.78 is 4.65. The predicted octanol–water partition coefficient (Wildman–Crippen LogP) is -0.373. The van der Waals surface area contributed by atoms with Gasteiger partial charge >= 0.3 is 5.97 Å².